The predicted molar refractivity (Wildman–Crippen MR) is 155 cm³/mol. The summed E-state index contributed by atoms with van der Waals surface area (Å²) in [6, 6.07) is 9.18. The minimum absolute atomic E-state index is 0.118. The van der Waals surface area contributed by atoms with Gasteiger partial charge in [0.1, 0.15) is 0 Å². The number of allylic oxidation sites excluding steroid dienone is 2. The molecule has 1 atom stereocenters. The molecule has 230 valence electrons. The van der Waals surface area contributed by atoms with Gasteiger partial charge in [0.15, 0.2) is 34.8 Å². The van der Waals surface area contributed by atoms with Crippen molar-refractivity contribution in [1.82, 2.24) is 0 Å². The maximum absolute atomic E-state index is 15.4. The highest BCUT2D eigenvalue weighted by atomic mass is 19.2. The third-order valence-electron chi connectivity index (χ3n) is 8.83. The second-order valence-electron chi connectivity index (χ2n) is 11.4. The molecule has 1 unspecified atom stereocenters. The molecular weight excluding hydrogens is 566 g/mol. The van der Waals surface area contributed by atoms with E-state index < -0.39 is 34.9 Å². The Morgan fingerprint density at radius 2 is 1.09 bits per heavy atom. The van der Waals surface area contributed by atoms with Crippen LogP contribution >= 0.6 is 0 Å². The van der Waals surface area contributed by atoms with Crippen molar-refractivity contribution in [3.8, 4) is 11.5 Å². The zero-order valence-electron chi connectivity index (χ0n) is 24.4. The van der Waals surface area contributed by atoms with Crippen molar-refractivity contribution in [2.24, 2.45) is 0 Å². The quantitative estimate of drug-likeness (QED) is 0.227. The number of halogens is 6. The van der Waals surface area contributed by atoms with E-state index in [4.69, 9.17) is 9.47 Å². The number of benzene rings is 3. The normalized spacial score (nSPS) is 20.6. The molecule has 43 heavy (non-hydrogen) atoms. The van der Waals surface area contributed by atoms with E-state index in [2.05, 4.69) is 0 Å². The first kappa shape index (κ1) is 31.0. The summed E-state index contributed by atoms with van der Waals surface area (Å²) < 4.78 is 99.6. The van der Waals surface area contributed by atoms with Crippen molar-refractivity contribution in [2.45, 2.75) is 83.0 Å². The van der Waals surface area contributed by atoms with Crippen LogP contribution < -0.4 is 9.47 Å². The summed E-state index contributed by atoms with van der Waals surface area (Å²) in [4.78, 5) is 0. The summed E-state index contributed by atoms with van der Waals surface area (Å²) in [7, 11) is 0. The van der Waals surface area contributed by atoms with E-state index in [0.717, 1.165) is 0 Å². The van der Waals surface area contributed by atoms with E-state index in [-0.39, 0.29) is 59.2 Å². The first-order valence-electron chi connectivity index (χ1n) is 15.1. The third-order valence-corrected chi connectivity index (χ3v) is 8.83. The molecule has 8 heteroatoms. The molecule has 1 fully saturated rings. The maximum atomic E-state index is 15.4. The Morgan fingerprint density at radius 1 is 0.581 bits per heavy atom. The number of ether oxygens (including phenoxy) is 2. The van der Waals surface area contributed by atoms with Crippen molar-refractivity contribution in [3.63, 3.8) is 0 Å². The molecule has 0 spiro atoms. The van der Waals surface area contributed by atoms with E-state index in [1.54, 1.807) is 31.2 Å². The van der Waals surface area contributed by atoms with Gasteiger partial charge in [0, 0.05) is 5.56 Å². The average molecular weight is 603 g/mol. The van der Waals surface area contributed by atoms with Crippen molar-refractivity contribution in [2.75, 3.05) is 13.2 Å². The lowest BCUT2D eigenvalue weighted by Crippen LogP contribution is -2.16. The molecule has 0 bridgehead atoms. The van der Waals surface area contributed by atoms with Gasteiger partial charge in [0.25, 0.3) is 0 Å². The van der Waals surface area contributed by atoms with Gasteiger partial charge < -0.3 is 9.47 Å². The standard InChI is InChI=1S/C35H36F6O2/c1-3-19-43-29-18-16-27(33(39)35(29)41)23-11-7-21(8-12-23)25-14-13-24(30(36)31(25)37)20-5-9-22(10-6-20)26-15-17-28(42-4-2)34(40)32(26)38/h11,13-18,20-22H,3-10,12,19H2,1-2H3. The summed E-state index contributed by atoms with van der Waals surface area (Å²) in [5.41, 5.74) is 1.65. The van der Waals surface area contributed by atoms with Crippen molar-refractivity contribution in [1.29, 1.82) is 0 Å². The summed E-state index contributed by atoms with van der Waals surface area (Å²) in [6.07, 6.45) is 5.76. The average Bonchev–Trinajstić information content (AvgIpc) is 3.02. The molecule has 0 radical (unpaired) electrons. The summed E-state index contributed by atoms with van der Waals surface area (Å²) >= 11 is 0. The van der Waals surface area contributed by atoms with Gasteiger partial charge in [-0.2, -0.15) is 8.78 Å². The lowest BCUT2D eigenvalue weighted by molar-refractivity contribution is 0.295. The molecule has 0 aromatic heterocycles. The molecule has 2 aliphatic carbocycles. The van der Waals surface area contributed by atoms with Gasteiger partial charge in [0.05, 0.1) is 13.2 Å². The molecule has 2 nitrogen and oxygen atoms in total. The summed E-state index contributed by atoms with van der Waals surface area (Å²) in [5, 5.41) is 0. The Morgan fingerprint density at radius 3 is 1.65 bits per heavy atom. The molecular formula is C35H36F6O2. The molecule has 0 heterocycles. The van der Waals surface area contributed by atoms with Gasteiger partial charge in [-0.05, 0) is 117 Å². The molecule has 0 amide bonds. The molecule has 1 saturated carbocycles. The van der Waals surface area contributed by atoms with Crippen molar-refractivity contribution < 1.29 is 35.8 Å². The minimum atomic E-state index is -1.02. The van der Waals surface area contributed by atoms with Gasteiger partial charge >= 0.3 is 0 Å². The molecule has 2 aliphatic rings. The highest BCUT2D eigenvalue weighted by Crippen LogP contribution is 2.45. The zero-order chi connectivity index (χ0) is 30.7. The van der Waals surface area contributed by atoms with E-state index in [1.165, 1.54) is 18.2 Å². The van der Waals surface area contributed by atoms with Gasteiger partial charge in [-0.15, -0.1) is 0 Å². The van der Waals surface area contributed by atoms with Crippen LogP contribution in [0.5, 0.6) is 11.5 Å². The first-order valence-corrected chi connectivity index (χ1v) is 15.1. The van der Waals surface area contributed by atoms with Gasteiger partial charge in [0.2, 0.25) is 11.6 Å². The fourth-order valence-corrected chi connectivity index (χ4v) is 6.52. The minimum Gasteiger partial charge on any atom is -0.491 e. The zero-order valence-corrected chi connectivity index (χ0v) is 24.4. The fourth-order valence-electron chi connectivity index (χ4n) is 6.52. The van der Waals surface area contributed by atoms with E-state index >= 15 is 8.78 Å². The van der Waals surface area contributed by atoms with Crippen LogP contribution in [-0.4, -0.2) is 13.2 Å². The van der Waals surface area contributed by atoms with Gasteiger partial charge in [-0.3, -0.25) is 0 Å². The SMILES string of the molecule is CCCOc1ccc(C2=CCC(c3ccc(C4CCC(c5ccc(OCC)c(F)c5F)CC4)c(F)c3F)CC2)c(F)c1F. The molecule has 0 N–H and O–H groups in total. The Kier molecular flexibility index (Phi) is 9.72. The summed E-state index contributed by atoms with van der Waals surface area (Å²) in [6.45, 7) is 4.08. The van der Waals surface area contributed by atoms with Gasteiger partial charge in [-0.1, -0.05) is 31.2 Å². The Labute approximate surface area is 248 Å². The highest BCUT2D eigenvalue weighted by Gasteiger charge is 2.31. The van der Waals surface area contributed by atoms with Crippen LogP contribution in [0.4, 0.5) is 26.3 Å². The van der Waals surface area contributed by atoms with E-state index in [9.17, 15) is 17.6 Å². The van der Waals surface area contributed by atoms with E-state index in [1.807, 2.05) is 6.92 Å². The van der Waals surface area contributed by atoms with Crippen LogP contribution in [0.1, 0.15) is 105 Å². The van der Waals surface area contributed by atoms with Crippen LogP contribution in [0.2, 0.25) is 0 Å². The number of hydrogen-bond acceptors (Lipinski definition) is 2. The van der Waals surface area contributed by atoms with Crippen LogP contribution in [0.3, 0.4) is 0 Å². The Balaban J connectivity index is 1.25. The number of rotatable bonds is 9. The van der Waals surface area contributed by atoms with Crippen LogP contribution in [0.25, 0.3) is 5.57 Å². The predicted octanol–water partition coefficient (Wildman–Crippen LogP) is 10.5. The van der Waals surface area contributed by atoms with Crippen molar-refractivity contribution >= 4 is 5.57 Å². The smallest absolute Gasteiger partial charge is 0.201 e. The molecule has 3 aromatic rings. The Hall–Kier alpha value is -3.42. The van der Waals surface area contributed by atoms with Gasteiger partial charge in [-0.25, -0.2) is 17.6 Å². The second-order valence-corrected chi connectivity index (χ2v) is 11.4. The van der Waals surface area contributed by atoms with Crippen LogP contribution in [0, 0.1) is 34.9 Å². The molecule has 0 saturated heterocycles. The van der Waals surface area contributed by atoms with Crippen LogP contribution in [-0.2, 0) is 0 Å². The van der Waals surface area contributed by atoms with Crippen LogP contribution in [0.15, 0.2) is 42.5 Å². The lowest BCUT2D eigenvalue weighted by atomic mass is 9.75. The maximum Gasteiger partial charge on any atom is 0.201 e. The topological polar surface area (TPSA) is 18.5 Å². The highest BCUT2D eigenvalue weighted by molar-refractivity contribution is 5.68. The Bertz CT molecular complexity index is 1490. The second kappa shape index (κ2) is 13.5. The largest absolute Gasteiger partial charge is 0.491 e. The lowest BCUT2D eigenvalue weighted by Gasteiger charge is -2.30. The molecule has 0 aliphatic heterocycles. The molecule has 5 rings (SSSR count). The fraction of sp³-hybridized carbons (Fsp3) is 0.429. The first-order chi connectivity index (χ1) is 20.7. The molecule has 3 aromatic carbocycles. The third kappa shape index (κ3) is 6.29. The summed E-state index contributed by atoms with van der Waals surface area (Å²) in [5.74, 6) is -6.62. The van der Waals surface area contributed by atoms with E-state index in [0.29, 0.717) is 62.5 Å². The van der Waals surface area contributed by atoms with Crippen molar-refractivity contribution in [3.05, 3.63) is 99.6 Å². The number of hydrogen-bond donors (Lipinski definition) is 0. The monoisotopic (exact) mass is 602 g/mol.